The molecule has 2 rings (SSSR count). The van der Waals surface area contributed by atoms with E-state index in [9.17, 15) is 5.11 Å². The lowest BCUT2D eigenvalue weighted by Gasteiger charge is -2.14. The number of benzene rings is 1. The first-order valence-corrected chi connectivity index (χ1v) is 7.37. The molecule has 1 N–H and O–H groups in total. The minimum atomic E-state index is -0.416. The van der Waals surface area contributed by atoms with Gasteiger partial charge in [0, 0.05) is 15.8 Å². The van der Waals surface area contributed by atoms with Crippen molar-refractivity contribution in [2.75, 3.05) is 0 Å². The lowest BCUT2D eigenvalue weighted by atomic mass is 9.98. The lowest BCUT2D eigenvalue weighted by Crippen LogP contribution is -2.04. The van der Waals surface area contributed by atoms with Crippen molar-refractivity contribution >= 4 is 27.3 Å². The summed E-state index contributed by atoms with van der Waals surface area (Å²) in [5, 5.41) is 12.4. The summed E-state index contributed by atoms with van der Waals surface area (Å²) in [5.41, 5.74) is 2.28. The summed E-state index contributed by atoms with van der Waals surface area (Å²) in [5.74, 6) is 0. The first-order valence-electron chi connectivity index (χ1n) is 5.70. The maximum absolute atomic E-state index is 10.3. The summed E-state index contributed by atoms with van der Waals surface area (Å²) in [6.45, 7) is 2.12. The Labute approximate surface area is 114 Å². The molecule has 17 heavy (non-hydrogen) atoms. The summed E-state index contributed by atoms with van der Waals surface area (Å²) in [6.07, 6.45) is 1.22. The topological polar surface area (TPSA) is 20.2 Å². The molecule has 0 aliphatic heterocycles. The Kier molecular flexibility index (Phi) is 4.37. The average Bonchev–Trinajstić information content (AvgIpc) is 2.75. The van der Waals surface area contributed by atoms with Gasteiger partial charge in [0.05, 0.1) is 6.10 Å². The number of aliphatic hydroxyl groups excluding tert-OH is 1. The molecule has 0 bridgehead atoms. The highest BCUT2D eigenvalue weighted by molar-refractivity contribution is 9.10. The molecule has 0 spiro atoms. The molecule has 90 valence electrons. The van der Waals surface area contributed by atoms with Crippen LogP contribution in [0.15, 0.2) is 40.2 Å². The van der Waals surface area contributed by atoms with Gasteiger partial charge in [-0.15, -0.1) is 11.3 Å². The van der Waals surface area contributed by atoms with Crippen LogP contribution in [0.2, 0.25) is 0 Å². The van der Waals surface area contributed by atoms with E-state index >= 15 is 0 Å². The van der Waals surface area contributed by atoms with Gasteiger partial charge in [0.1, 0.15) is 0 Å². The molecule has 0 radical (unpaired) electrons. The van der Waals surface area contributed by atoms with E-state index in [1.165, 1.54) is 10.4 Å². The fraction of sp³-hybridized carbons (Fsp3) is 0.286. The lowest BCUT2D eigenvalue weighted by molar-refractivity contribution is 0.178. The number of halogens is 1. The van der Waals surface area contributed by atoms with Gasteiger partial charge in [0.15, 0.2) is 0 Å². The molecule has 0 fully saturated rings. The smallest absolute Gasteiger partial charge is 0.0841 e. The van der Waals surface area contributed by atoms with Crippen LogP contribution >= 0.6 is 27.3 Å². The van der Waals surface area contributed by atoms with Crippen LogP contribution in [-0.2, 0) is 12.8 Å². The number of aryl methyl sites for hydroxylation is 1. The largest absolute Gasteiger partial charge is 0.388 e. The second kappa shape index (κ2) is 5.80. The molecule has 0 amide bonds. The number of thiophene rings is 1. The van der Waals surface area contributed by atoms with Crippen LogP contribution in [0.3, 0.4) is 0 Å². The highest BCUT2D eigenvalue weighted by atomic mass is 79.9. The van der Waals surface area contributed by atoms with Crippen LogP contribution in [0, 0.1) is 0 Å². The van der Waals surface area contributed by atoms with E-state index < -0.39 is 6.10 Å². The third-order valence-electron chi connectivity index (χ3n) is 2.86. The standard InChI is InChI=1S/C14H15BrOS/c1-2-10-5-3-4-6-11(10)13(16)9-14-12(15)7-8-17-14/h3-8,13,16H,2,9H2,1H3. The predicted molar refractivity (Wildman–Crippen MR) is 76.5 cm³/mol. The normalized spacial score (nSPS) is 12.6. The van der Waals surface area contributed by atoms with Gasteiger partial charge < -0.3 is 5.11 Å². The number of rotatable bonds is 4. The van der Waals surface area contributed by atoms with Gasteiger partial charge in [0.2, 0.25) is 0 Å². The summed E-state index contributed by atoms with van der Waals surface area (Å²) in [7, 11) is 0. The Morgan fingerprint density at radius 3 is 2.71 bits per heavy atom. The van der Waals surface area contributed by atoms with Crippen molar-refractivity contribution in [2.24, 2.45) is 0 Å². The highest BCUT2D eigenvalue weighted by Crippen LogP contribution is 2.29. The summed E-state index contributed by atoms with van der Waals surface area (Å²) in [4.78, 5) is 1.20. The third-order valence-corrected chi connectivity index (χ3v) is 4.81. The molecular formula is C14H15BrOS. The second-order valence-corrected chi connectivity index (χ2v) is 5.82. The van der Waals surface area contributed by atoms with Crippen molar-refractivity contribution in [1.82, 2.24) is 0 Å². The van der Waals surface area contributed by atoms with Gasteiger partial charge in [0.25, 0.3) is 0 Å². The first kappa shape index (κ1) is 12.8. The van der Waals surface area contributed by atoms with Gasteiger partial charge in [-0.1, -0.05) is 31.2 Å². The van der Waals surface area contributed by atoms with E-state index in [4.69, 9.17) is 0 Å². The number of hydrogen-bond acceptors (Lipinski definition) is 2. The van der Waals surface area contributed by atoms with Crippen LogP contribution in [0.5, 0.6) is 0 Å². The second-order valence-electron chi connectivity index (χ2n) is 3.96. The van der Waals surface area contributed by atoms with Gasteiger partial charge in [-0.25, -0.2) is 0 Å². The fourth-order valence-electron chi connectivity index (χ4n) is 1.94. The Balaban J connectivity index is 2.20. The molecule has 1 heterocycles. The van der Waals surface area contributed by atoms with Crippen molar-refractivity contribution < 1.29 is 5.11 Å². The van der Waals surface area contributed by atoms with Gasteiger partial charge >= 0.3 is 0 Å². The molecule has 1 unspecified atom stereocenters. The fourth-order valence-corrected chi connectivity index (χ4v) is 3.49. The van der Waals surface area contributed by atoms with Gasteiger partial charge in [-0.2, -0.15) is 0 Å². The minimum absolute atomic E-state index is 0.416. The third kappa shape index (κ3) is 2.97. The van der Waals surface area contributed by atoms with Crippen LogP contribution in [0.1, 0.15) is 29.0 Å². The van der Waals surface area contributed by atoms with Crippen molar-refractivity contribution in [1.29, 1.82) is 0 Å². The Morgan fingerprint density at radius 2 is 2.06 bits per heavy atom. The van der Waals surface area contributed by atoms with E-state index in [0.29, 0.717) is 6.42 Å². The van der Waals surface area contributed by atoms with Crippen molar-refractivity contribution in [3.63, 3.8) is 0 Å². The monoisotopic (exact) mass is 310 g/mol. The minimum Gasteiger partial charge on any atom is -0.388 e. The maximum atomic E-state index is 10.3. The number of hydrogen-bond donors (Lipinski definition) is 1. The molecule has 2 aromatic rings. The molecule has 1 atom stereocenters. The van der Waals surface area contributed by atoms with E-state index in [0.717, 1.165) is 16.5 Å². The zero-order valence-electron chi connectivity index (χ0n) is 9.69. The Bertz CT molecular complexity index is 492. The summed E-state index contributed by atoms with van der Waals surface area (Å²) in [6, 6.07) is 10.1. The molecule has 0 aliphatic rings. The SMILES string of the molecule is CCc1ccccc1C(O)Cc1sccc1Br. The Hall–Kier alpha value is -0.640. The molecule has 0 saturated carbocycles. The Morgan fingerprint density at radius 1 is 1.29 bits per heavy atom. The average molecular weight is 311 g/mol. The highest BCUT2D eigenvalue weighted by Gasteiger charge is 2.14. The molecule has 1 aromatic carbocycles. The van der Waals surface area contributed by atoms with E-state index in [1.807, 2.05) is 29.6 Å². The van der Waals surface area contributed by atoms with Crippen LogP contribution in [0.25, 0.3) is 0 Å². The molecule has 3 heteroatoms. The van der Waals surface area contributed by atoms with Crippen LogP contribution in [0.4, 0.5) is 0 Å². The quantitative estimate of drug-likeness (QED) is 0.890. The zero-order valence-corrected chi connectivity index (χ0v) is 12.1. The molecule has 1 nitrogen and oxygen atoms in total. The van der Waals surface area contributed by atoms with Crippen molar-refractivity contribution in [2.45, 2.75) is 25.9 Å². The van der Waals surface area contributed by atoms with Crippen LogP contribution in [-0.4, -0.2) is 5.11 Å². The van der Waals surface area contributed by atoms with Crippen molar-refractivity contribution in [3.05, 3.63) is 56.2 Å². The van der Waals surface area contributed by atoms with E-state index in [2.05, 4.69) is 28.9 Å². The van der Waals surface area contributed by atoms with Crippen molar-refractivity contribution in [3.8, 4) is 0 Å². The summed E-state index contributed by atoms with van der Waals surface area (Å²) >= 11 is 5.18. The number of aliphatic hydroxyl groups is 1. The molecule has 0 saturated heterocycles. The first-order chi connectivity index (χ1) is 8.22. The van der Waals surface area contributed by atoms with E-state index in [-0.39, 0.29) is 0 Å². The van der Waals surface area contributed by atoms with Gasteiger partial charge in [-0.3, -0.25) is 0 Å². The van der Waals surface area contributed by atoms with Crippen LogP contribution < -0.4 is 0 Å². The summed E-state index contributed by atoms with van der Waals surface area (Å²) < 4.78 is 1.09. The molecule has 0 aliphatic carbocycles. The molecular weight excluding hydrogens is 296 g/mol. The van der Waals surface area contributed by atoms with E-state index in [1.54, 1.807) is 11.3 Å². The maximum Gasteiger partial charge on any atom is 0.0841 e. The van der Waals surface area contributed by atoms with Gasteiger partial charge in [-0.05, 0) is 44.9 Å². The predicted octanol–water partition coefficient (Wildman–Crippen LogP) is 4.35. The molecule has 1 aromatic heterocycles. The zero-order chi connectivity index (χ0) is 12.3.